The monoisotopic (exact) mass is 280 g/mol. The van der Waals surface area contributed by atoms with Crippen LogP contribution < -0.4 is 0 Å². The Morgan fingerprint density at radius 3 is 2.11 bits per heavy atom. The molecular weight excluding hydrogens is 264 g/mol. The summed E-state index contributed by atoms with van der Waals surface area (Å²) in [7, 11) is -5.04. The molecule has 0 amide bonds. The third kappa shape index (κ3) is 4.11. The van der Waals surface area contributed by atoms with Crippen LogP contribution in [0.25, 0.3) is 0 Å². The zero-order valence-electron chi connectivity index (χ0n) is 9.87. The van der Waals surface area contributed by atoms with Gasteiger partial charge in [0.15, 0.2) is 0 Å². The van der Waals surface area contributed by atoms with Gasteiger partial charge in [-0.25, -0.2) is 0 Å². The molecule has 0 fully saturated rings. The van der Waals surface area contributed by atoms with E-state index in [2.05, 4.69) is 0 Å². The maximum Gasteiger partial charge on any atom is 0.328 e. The molecule has 7 nitrogen and oxygen atoms in total. The summed E-state index contributed by atoms with van der Waals surface area (Å²) in [5.74, 6) is -3.49. The van der Waals surface area contributed by atoms with E-state index in [1.54, 1.807) is 6.08 Å². The average Bonchev–Trinajstić information content (AvgIpc) is 2.19. The molecule has 104 valence electrons. The van der Waals surface area contributed by atoms with Crippen LogP contribution in [0.15, 0.2) is 12.2 Å². The molecule has 0 rings (SSSR count). The number of carboxylic acids is 2. The van der Waals surface area contributed by atoms with Crippen LogP contribution in [0.3, 0.4) is 0 Å². The Balaban J connectivity index is 5.36. The lowest BCUT2D eigenvalue weighted by Gasteiger charge is -2.22. The van der Waals surface area contributed by atoms with Gasteiger partial charge < -0.3 is 10.2 Å². The summed E-state index contributed by atoms with van der Waals surface area (Å²) >= 11 is 0. The van der Waals surface area contributed by atoms with Crippen LogP contribution in [0.1, 0.15) is 32.6 Å². The minimum absolute atomic E-state index is 0.590. The average molecular weight is 280 g/mol. The Bertz CT molecular complexity index is 437. The summed E-state index contributed by atoms with van der Waals surface area (Å²) in [4.78, 5) is 21.6. The van der Waals surface area contributed by atoms with E-state index in [9.17, 15) is 18.0 Å². The van der Waals surface area contributed by atoms with Crippen molar-refractivity contribution < 1.29 is 32.8 Å². The highest BCUT2D eigenvalue weighted by Crippen LogP contribution is 2.27. The van der Waals surface area contributed by atoms with Gasteiger partial charge in [0.05, 0.1) is 6.42 Å². The zero-order valence-corrected chi connectivity index (χ0v) is 10.7. The summed E-state index contributed by atoms with van der Waals surface area (Å²) in [5.41, 5.74) is 0. The van der Waals surface area contributed by atoms with Gasteiger partial charge in [-0.3, -0.25) is 14.1 Å². The van der Waals surface area contributed by atoms with Crippen molar-refractivity contribution in [1.29, 1.82) is 0 Å². The van der Waals surface area contributed by atoms with Crippen LogP contribution in [0.4, 0.5) is 0 Å². The number of carboxylic acid groups (broad SMARTS) is 2. The largest absolute Gasteiger partial charge is 0.481 e. The molecule has 0 saturated carbocycles. The zero-order chi connectivity index (χ0) is 14.4. The molecule has 0 aliphatic carbocycles. The van der Waals surface area contributed by atoms with E-state index in [1.165, 1.54) is 6.08 Å². The Morgan fingerprint density at radius 2 is 1.78 bits per heavy atom. The minimum Gasteiger partial charge on any atom is -0.481 e. The first-order chi connectivity index (χ1) is 8.17. The molecule has 0 saturated heterocycles. The maximum atomic E-state index is 11.2. The molecule has 0 aliphatic rings. The second-order valence-corrected chi connectivity index (χ2v) is 5.54. The van der Waals surface area contributed by atoms with E-state index < -0.39 is 39.6 Å². The van der Waals surface area contributed by atoms with Gasteiger partial charge in [0.1, 0.15) is 0 Å². The van der Waals surface area contributed by atoms with E-state index in [0.29, 0.717) is 6.42 Å². The number of rotatable bonds is 8. The number of hydrogen-bond donors (Lipinski definition) is 3. The first-order valence-electron chi connectivity index (χ1n) is 5.24. The molecule has 8 heteroatoms. The Kier molecular flexibility index (Phi) is 5.99. The second kappa shape index (κ2) is 6.50. The predicted molar refractivity (Wildman–Crippen MR) is 62.8 cm³/mol. The van der Waals surface area contributed by atoms with Crippen molar-refractivity contribution in [1.82, 2.24) is 0 Å². The standard InChI is InChI=1S/C10H16O7S/c1-2-3-4-5-6-10(9(13)14,7-8(11)12)18(15,16)17/h4-5H,2-3,6-7H2,1H3,(H,11,12)(H,13,14)(H,15,16,17). The maximum absolute atomic E-state index is 11.2. The summed E-state index contributed by atoms with van der Waals surface area (Å²) in [6.45, 7) is 1.87. The fraction of sp³-hybridized carbons (Fsp3) is 0.600. The third-order valence-corrected chi connectivity index (χ3v) is 3.86. The molecule has 0 aromatic heterocycles. The number of aliphatic carboxylic acids is 2. The van der Waals surface area contributed by atoms with E-state index >= 15 is 0 Å². The van der Waals surface area contributed by atoms with Gasteiger partial charge in [-0.2, -0.15) is 8.42 Å². The van der Waals surface area contributed by atoms with Crippen molar-refractivity contribution in [2.24, 2.45) is 0 Å². The van der Waals surface area contributed by atoms with Crippen LogP contribution in [0, 0.1) is 0 Å². The van der Waals surface area contributed by atoms with Gasteiger partial charge in [-0.05, 0) is 12.8 Å². The fourth-order valence-electron chi connectivity index (χ4n) is 1.34. The molecule has 0 aromatic carbocycles. The van der Waals surface area contributed by atoms with Crippen LogP contribution in [-0.2, 0) is 19.7 Å². The number of allylic oxidation sites excluding steroid dienone is 2. The van der Waals surface area contributed by atoms with E-state index in [4.69, 9.17) is 14.8 Å². The van der Waals surface area contributed by atoms with E-state index in [1.807, 2.05) is 6.92 Å². The summed E-state index contributed by atoms with van der Waals surface area (Å²) < 4.78 is 28.6. The molecule has 0 aliphatic heterocycles. The van der Waals surface area contributed by atoms with Gasteiger partial charge in [-0.1, -0.05) is 25.5 Å². The normalized spacial score (nSPS) is 15.4. The van der Waals surface area contributed by atoms with Gasteiger partial charge in [-0.15, -0.1) is 0 Å². The van der Waals surface area contributed by atoms with Gasteiger partial charge in [0.2, 0.25) is 4.75 Å². The highest BCUT2D eigenvalue weighted by Gasteiger charge is 2.51. The van der Waals surface area contributed by atoms with Crippen molar-refractivity contribution in [2.75, 3.05) is 0 Å². The Morgan fingerprint density at radius 1 is 1.22 bits per heavy atom. The molecule has 1 unspecified atom stereocenters. The van der Waals surface area contributed by atoms with Crippen LogP contribution in [0.2, 0.25) is 0 Å². The highest BCUT2D eigenvalue weighted by atomic mass is 32.2. The lowest BCUT2D eigenvalue weighted by molar-refractivity contribution is -0.146. The van der Waals surface area contributed by atoms with E-state index in [-0.39, 0.29) is 0 Å². The quantitative estimate of drug-likeness (QED) is 0.445. The fourth-order valence-corrected chi connectivity index (χ4v) is 2.18. The van der Waals surface area contributed by atoms with Crippen molar-refractivity contribution in [3.05, 3.63) is 12.2 Å². The summed E-state index contributed by atoms with van der Waals surface area (Å²) in [5, 5.41) is 17.5. The topological polar surface area (TPSA) is 129 Å². The van der Waals surface area contributed by atoms with Crippen LogP contribution in [-0.4, -0.2) is 39.9 Å². The van der Waals surface area contributed by atoms with Gasteiger partial charge in [0.25, 0.3) is 10.1 Å². The third-order valence-electron chi connectivity index (χ3n) is 2.39. The molecule has 1 atom stereocenters. The molecule has 18 heavy (non-hydrogen) atoms. The summed E-state index contributed by atoms with van der Waals surface area (Å²) in [6.07, 6.45) is 2.40. The lowest BCUT2D eigenvalue weighted by Crippen LogP contribution is -2.47. The Hall–Kier alpha value is -1.41. The first-order valence-corrected chi connectivity index (χ1v) is 6.68. The number of carbonyl (C=O) groups is 2. The smallest absolute Gasteiger partial charge is 0.328 e. The summed E-state index contributed by atoms with van der Waals surface area (Å²) in [6, 6.07) is 0. The first kappa shape index (κ1) is 16.6. The molecule has 0 bridgehead atoms. The molecule has 0 spiro atoms. The van der Waals surface area contributed by atoms with Crippen LogP contribution >= 0.6 is 0 Å². The molecule has 0 aromatic rings. The van der Waals surface area contributed by atoms with Gasteiger partial charge >= 0.3 is 11.9 Å². The van der Waals surface area contributed by atoms with E-state index in [0.717, 1.165) is 6.42 Å². The predicted octanol–water partition coefficient (Wildman–Crippen LogP) is 0.919. The molecule has 3 N–H and O–H groups in total. The molecule has 0 heterocycles. The minimum atomic E-state index is -5.04. The molecular formula is C10H16O7S. The second-order valence-electron chi connectivity index (χ2n) is 3.81. The molecule has 0 radical (unpaired) electrons. The Labute approximate surface area is 105 Å². The van der Waals surface area contributed by atoms with Gasteiger partial charge in [0, 0.05) is 0 Å². The van der Waals surface area contributed by atoms with Crippen LogP contribution in [0.5, 0.6) is 0 Å². The highest BCUT2D eigenvalue weighted by molar-refractivity contribution is 7.88. The van der Waals surface area contributed by atoms with Crippen molar-refractivity contribution >= 4 is 22.1 Å². The number of unbranched alkanes of at least 4 members (excludes halogenated alkanes) is 1. The lowest BCUT2D eigenvalue weighted by atomic mass is 10.00. The van der Waals surface area contributed by atoms with Crippen molar-refractivity contribution in [3.8, 4) is 0 Å². The van der Waals surface area contributed by atoms with Crippen molar-refractivity contribution in [2.45, 2.75) is 37.4 Å². The SMILES string of the molecule is CCCC=CCC(CC(=O)O)(C(=O)O)S(=O)(=O)O. The van der Waals surface area contributed by atoms with Crippen molar-refractivity contribution in [3.63, 3.8) is 0 Å². The number of hydrogen-bond acceptors (Lipinski definition) is 4.